The summed E-state index contributed by atoms with van der Waals surface area (Å²) in [5, 5.41) is 3.88. The van der Waals surface area contributed by atoms with Gasteiger partial charge in [-0.25, -0.2) is 9.78 Å². The molecule has 0 aliphatic carbocycles. The summed E-state index contributed by atoms with van der Waals surface area (Å²) in [6.07, 6.45) is 3.06. The van der Waals surface area contributed by atoms with Crippen LogP contribution in [0.3, 0.4) is 0 Å². The van der Waals surface area contributed by atoms with E-state index in [0.717, 1.165) is 0 Å². The molecule has 0 atom stereocenters. The number of rotatable bonds is 3. The molecule has 0 radical (unpaired) electrons. The minimum Gasteiger partial charge on any atom is -0.453 e. The van der Waals surface area contributed by atoms with Gasteiger partial charge in [-0.15, -0.1) is 0 Å². The molecule has 0 spiro atoms. The third-order valence-corrected chi connectivity index (χ3v) is 2.37. The fourth-order valence-electron chi connectivity index (χ4n) is 1.45. The van der Waals surface area contributed by atoms with Gasteiger partial charge < -0.3 is 15.0 Å². The minimum atomic E-state index is -0.438. The van der Waals surface area contributed by atoms with Crippen LogP contribution in [-0.4, -0.2) is 25.3 Å². The number of carbonyl (C=O) groups excluding carboxylic acids is 1. The molecule has 90 valence electrons. The van der Waals surface area contributed by atoms with E-state index in [1.807, 2.05) is 0 Å². The molecule has 0 aromatic carbocycles. The Bertz CT molecular complexity index is 543. The average molecular weight is 235 g/mol. The van der Waals surface area contributed by atoms with Gasteiger partial charge in [0.05, 0.1) is 5.69 Å². The van der Waals surface area contributed by atoms with Crippen LogP contribution < -0.4 is 5.73 Å². The molecule has 0 saturated carbocycles. The first-order valence-electron chi connectivity index (χ1n) is 5.00. The van der Waals surface area contributed by atoms with Crippen LogP contribution in [0, 0.1) is 0 Å². The second-order valence-corrected chi connectivity index (χ2v) is 3.65. The number of hydrogen-bond acceptors (Lipinski definition) is 5. The summed E-state index contributed by atoms with van der Waals surface area (Å²) in [5.41, 5.74) is 6.51. The number of aromatic nitrogens is 4. The van der Waals surface area contributed by atoms with Crippen LogP contribution >= 0.6 is 0 Å². The Kier molecular flexibility index (Phi) is 2.82. The molecule has 0 aliphatic rings. The van der Waals surface area contributed by atoms with E-state index in [0.29, 0.717) is 17.2 Å². The van der Waals surface area contributed by atoms with E-state index in [4.69, 9.17) is 10.5 Å². The molecule has 0 aliphatic heterocycles. The Labute approximate surface area is 97.8 Å². The number of aryl methyl sites for hydroxylation is 2. The Balaban J connectivity index is 2.03. The summed E-state index contributed by atoms with van der Waals surface area (Å²) in [6, 6.07) is 1.57. The molecule has 0 bridgehead atoms. The van der Waals surface area contributed by atoms with Crippen molar-refractivity contribution in [1.29, 1.82) is 0 Å². The van der Waals surface area contributed by atoms with Gasteiger partial charge in [-0.2, -0.15) is 5.10 Å². The van der Waals surface area contributed by atoms with Gasteiger partial charge in [0, 0.05) is 20.3 Å². The average Bonchev–Trinajstić information content (AvgIpc) is 2.81. The van der Waals surface area contributed by atoms with E-state index < -0.39 is 5.97 Å². The molecular formula is C10H13N5O2. The van der Waals surface area contributed by atoms with Crippen LogP contribution in [0.15, 0.2) is 18.6 Å². The van der Waals surface area contributed by atoms with Gasteiger partial charge in [0.15, 0.2) is 12.4 Å². The summed E-state index contributed by atoms with van der Waals surface area (Å²) < 4.78 is 8.28. The van der Waals surface area contributed by atoms with E-state index in [2.05, 4.69) is 10.1 Å². The third-order valence-electron chi connectivity index (χ3n) is 2.37. The zero-order chi connectivity index (χ0) is 12.4. The van der Waals surface area contributed by atoms with Crippen molar-refractivity contribution in [2.75, 3.05) is 5.73 Å². The molecule has 2 aromatic rings. The highest BCUT2D eigenvalue weighted by Gasteiger charge is 2.13. The first kappa shape index (κ1) is 11.2. The Morgan fingerprint density at radius 1 is 1.53 bits per heavy atom. The van der Waals surface area contributed by atoms with Gasteiger partial charge in [0.2, 0.25) is 0 Å². The SMILES string of the molecule is Cn1cc(N)cc1C(=O)OCc1ncnn1C. The van der Waals surface area contributed by atoms with Crippen LogP contribution in [-0.2, 0) is 25.4 Å². The van der Waals surface area contributed by atoms with Crippen molar-refractivity contribution in [3.63, 3.8) is 0 Å². The minimum absolute atomic E-state index is 0.0837. The zero-order valence-electron chi connectivity index (χ0n) is 9.62. The number of anilines is 1. The topological polar surface area (TPSA) is 88.0 Å². The van der Waals surface area contributed by atoms with Crippen molar-refractivity contribution in [1.82, 2.24) is 19.3 Å². The summed E-state index contributed by atoms with van der Waals surface area (Å²) in [7, 11) is 3.46. The van der Waals surface area contributed by atoms with Crippen LogP contribution in [0.2, 0.25) is 0 Å². The molecule has 0 saturated heterocycles. The quantitative estimate of drug-likeness (QED) is 0.762. The highest BCUT2D eigenvalue weighted by molar-refractivity contribution is 5.88. The molecule has 0 unspecified atom stereocenters. The van der Waals surface area contributed by atoms with Crippen LogP contribution in [0.25, 0.3) is 0 Å². The molecule has 0 amide bonds. The van der Waals surface area contributed by atoms with E-state index in [9.17, 15) is 4.79 Å². The Morgan fingerprint density at radius 2 is 2.29 bits per heavy atom. The van der Waals surface area contributed by atoms with Crippen molar-refractivity contribution in [2.45, 2.75) is 6.61 Å². The monoisotopic (exact) mass is 235 g/mol. The Morgan fingerprint density at radius 3 is 2.82 bits per heavy atom. The van der Waals surface area contributed by atoms with Crippen molar-refractivity contribution < 1.29 is 9.53 Å². The number of nitrogen functional groups attached to an aromatic ring is 1. The maximum atomic E-state index is 11.7. The lowest BCUT2D eigenvalue weighted by atomic mass is 10.4. The van der Waals surface area contributed by atoms with Crippen LogP contribution in [0.5, 0.6) is 0 Å². The molecule has 2 aromatic heterocycles. The molecule has 2 heterocycles. The lowest BCUT2D eigenvalue weighted by Gasteiger charge is -2.04. The maximum absolute atomic E-state index is 11.7. The summed E-state index contributed by atoms with van der Waals surface area (Å²) in [5.74, 6) is 0.146. The van der Waals surface area contributed by atoms with E-state index in [-0.39, 0.29) is 6.61 Å². The molecular weight excluding hydrogens is 222 g/mol. The van der Waals surface area contributed by atoms with Crippen molar-refractivity contribution in [3.8, 4) is 0 Å². The molecule has 0 fully saturated rings. The highest BCUT2D eigenvalue weighted by Crippen LogP contribution is 2.10. The van der Waals surface area contributed by atoms with Gasteiger partial charge in [-0.05, 0) is 6.07 Å². The fourth-order valence-corrected chi connectivity index (χ4v) is 1.45. The normalized spacial score (nSPS) is 10.5. The van der Waals surface area contributed by atoms with Gasteiger partial charge in [-0.3, -0.25) is 4.68 Å². The van der Waals surface area contributed by atoms with Gasteiger partial charge in [0.25, 0.3) is 0 Å². The Hall–Kier alpha value is -2.31. The molecule has 7 nitrogen and oxygen atoms in total. The number of ether oxygens (including phenoxy) is 1. The summed E-state index contributed by atoms with van der Waals surface area (Å²) >= 11 is 0. The second-order valence-electron chi connectivity index (χ2n) is 3.65. The summed E-state index contributed by atoms with van der Waals surface area (Å²) in [4.78, 5) is 15.7. The lowest BCUT2D eigenvalue weighted by molar-refractivity contribution is 0.0447. The van der Waals surface area contributed by atoms with Gasteiger partial charge >= 0.3 is 5.97 Å². The predicted octanol–water partition coefficient (Wildman–Crippen LogP) is 0.0928. The molecule has 17 heavy (non-hydrogen) atoms. The van der Waals surface area contributed by atoms with Gasteiger partial charge in [0.1, 0.15) is 12.0 Å². The maximum Gasteiger partial charge on any atom is 0.355 e. The second kappa shape index (κ2) is 4.28. The number of nitrogens with two attached hydrogens (primary N) is 1. The molecule has 2 N–H and O–H groups in total. The largest absolute Gasteiger partial charge is 0.453 e. The van der Waals surface area contributed by atoms with Crippen molar-refractivity contribution in [3.05, 3.63) is 30.1 Å². The first-order valence-corrected chi connectivity index (χ1v) is 5.00. The fraction of sp³-hybridized carbons (Fsp3) is 0.300. The molecule has 2 rings (SSSR count). The van der Waals surface area contributed by atoms with Gasteiger partial charge in [-0.1, -0.05) is 0 Å². The standard InChI is InChI=1S/C10H13N5O2/c1-14-4-7(11)3-8(14)10(16)17-5-9-12-6-13-15(9)2/h3-4,6H,5,11H2,1-2H3. The smallest absolute Gasteiger partial charge is 0.355 e. The zero-order valence-corrected chi connectivity index (χ0v) is 9.62. The van der Waals surface area contributed by atoms with Crippen LogP contribution in [0.4, 0.5) is 5.69 Å². The van der Waals surface area contributed by atoms with E-state index in [1.165, 1.54) is 6.33 Å². The first-order chi connectivity index (χ1) is 8.08. The third kappa shape index (κ3) is 2.27. The number of carbonyl (C=O) groups is 1. The molecule has 7 heteroatoms. The summed E-state index contributed by atoms with van der Waals surface area (Å²) in [6.45, 7) is 0.0837. The van der Waals surface area contributed by atoms with Crippen molar-refractivity contribution in [2.24, 2.45) is 14.1 Å². The number of esters is 1. The number of nitrogens with zero attached hydrogens (tertiary/aromatic N) is 4. The van der Waals surface area contributed by atoms with E-state index >= 15 is 0 Å². The lowest BCUT2D eigenvalue weighted by Crippen LogP contribution is -2.11. The van der Waals surface area contributed by atoms with Crippen LogP contribution in [0.1, 0.15) is 16.3 Å². The highest BCUT2D eigenvalue weighted by atomic mass is 16.5. The van der Waals surface area contributed by atoms with Crippen molar-refractivity contribution >= 4 is 11.7 Å². The predicted molar refractivity (Wildman–Crippen MR) is 59.9 cm³/mol. The number of hydrogen-bond donors (Lipinski definition) is 1. The van der Waals surface area contributed by atoms with E-state index in [1.54, 1.807) is 35.6 Å².